The molecule has 0 amide bonds. The molecule has 0 radical (unpaired) electrons. The second-order valence-electron chi connectivity index (χ2n) is 4.85. The van der Waals surface area contributed by atoms with E-state index < -0.39 is 0 Å². The summed E-state index contributed by atoms with van der Waals surface area (Å²) in [4.78, 5) is 0. The van der Waals surface area contributed by atoms with Crippen molar-refractivity contribution in [2.24, 2.45) is 0 Å². The van der Waals surface area contributed by atoms with Crippen LogP contribution in [0.4, 0.5) is 0 Å². The first-order valence-corrected chi connectivity index (χ1v) is 8.38. The summed E-state index contributed by atoms with van der Waals surface area (Å²) in [6.07, 6.45) is 9.69. The molecule has 0 aromatic carbocycles. The van der Waals surface area contributed by atoms with Gasteiger partial charge in [0.2, 0.25) is 0 Å². The molecule has 17 heavy (non-hydrogen) atoms. The minimum atomic E-state index is 0.869. The van der Waals surface area contributed by atoms with Crippen LogP contribution in [0.3, 0.4) is 0 Å². The molecule has 0 atom stereocenters. The van der Waals surface area contributed by atoms with E-state index in [1.807, 2.05) is 0 Å². The molecule has 1 aliphatic rings. The molecule has 1 N–H and O–H groups in total. The largest absolute Gasteiger partial charge is 0.380 e. The fraction of sp³-hybridized carbons (Fsp3) is 1.00. The Morgan fingerprint density at radius 2 is 1.94 bits per heavy atom. The lowest BCUT2D eigenvalue weighted by Gasteiger charge is -2.20. The molecule has 0 spiro atoms. The molecule has 0 aromatic rings. The third kappa shape index (κ3) is 8.92. The van der Waals surface area contributed by atoms with Gasteiger partial charge in [0.05, 0.1) is 6.61 Å². The summed E-state index contributed by atoms with van der Waals surface area (Å²) in [7, 11) is 0. The predicted molar refractivity (Wildman–Crippen MR) is 77.9 cm³/mol. The van der Waals surface area contributed by atoms with Gasteiger partial charge in [-0.3, -0.25) is 0 Å². The Morgan fingerprint density at radius 3 is 2.71 bits per heavy atom. The van der Waals surface area contributed by atoms with E-state index in [4.69, 9.17) is 4.74 Å². The summed E-state index contributed by atoms with van der Waals surface area (Å²) in [6, 6.07) is 0. The smallest absolute Gasteiger partial charge is 0.0590 e. The van der Waals surface area contributed by atoms with E-state index in [2.05, 4.69) is 24.0 Å². The molecule has 1 fully saturated rings. The SMILES string of the molecule is CCCCOCCNCCSC1CCCCC1. The quantitative estimate of drug-likeness (QED) is 0.607. The van der Waals surface area contributed by atoms with Crippen molar-refractivity contribution in [3.05, 3.63) is 0 Å². The Labute approximate surface area is 111 Å². The van der Waals surface area contributed by atoms with Gasteiger partial charge in [-0.05, 0) is 19.3 Å². The van der Waals surface area contributed by atoms with Gasteiger partial charge in [0.15, 0.2) is 0 Å². The Bertz CT molecular complexity index is 160. The summed E-state index contributed by atoms with van der Waals surface area (Å²) < 4.78 is 5.50. The molecular formula is C14H29NOS. The lowest BCUT2D eigenvalue weighted by molar-refractivity contribution is 0.133. The standard InChI is InChI=1S/C14H29NOS/c1-2-3-11-16-12-9-15-10-13-17-14-7-5-4-6-8-14/h14-15H,2-13H2,1H3. The number of hydrogen-bond acceptors (Lipinski definition) is 3. The average Bonchev–Trinajstić information content (AvgIpc) is 2.38. The fourth-order valence-electron chi connectivity index (χ4n) is 2.15. The van der Waals surface area contributed by atoms with E-state index in [0.29, 0.717) is 0 Å². The minimum absolute atomic E-state index is 0.869. The first-order valence-electron chi connectivity index (χ1n) is 7.33. The third-order valence-corrected chi connectivity index (χ3v) is 4.63. The van der Waals surface area contributed by atoms with Crippen molar-refractivity contribution in [2.75, 3.05) is 32.1 Å². The molecule has 0 bridgehead atoms. The topological polar surface area (TPSA) is 21.3 Å². The van der Waals surface area contributed by atoms with Crippen molar-refractivity contribution in [3.8, 4) is 0 Å². The molecule has 2 nitrogen and oxygen atoms in total. The highest BCUT2D eigenvalue weighted by atomic mass is 32.2. The van der Waals surface area contributed by atoms with Crippen LogP contribution < -0.4 is 5.32 Å². The van der Waals surface area contributed by atoms with Gasteiger partial charge < -0.3 is 10.1 Å². The molecule has 102 valence electrons. The number of thioether (sulfide) groups is 1. The van der Waals surface area contributed by atoms with Gasteiger partial charge in [-0.1, -0.05) is 32.6 Å². The van der Waals surface area contributed by atoms with E-state index in [1.54, 1.807) is 0 Å². The maximum Gasteiger partial charge on any atom is 0.0590 e. The van der Waals surface area contributed by atoms with Gasteiger partial charge in [0, 0.05) is 30.7 Å². The summed E-state index contributed by atoms with van der Waals surface area (Å²) in [5, 5.41) is 4.41. The molecule has 0 saturated heterocycles. The van der Waals surface area contributed by atoms with Gasteiger partial charge in [-0.2, -0.15) is 11.8 Å². The molecule has 1 aliphatic carbocycles. The Balaban J connectivity index is 1.75. The maximum atomic E-state index is 5.50. The summed E-state index contributed by atoms with van der Waals surface area (Å²) in [5.41, 5.74) is 0. The van der Waals surface area contributed by atoms with Crippen LogP contribution in [0.2, 0.25) is 0 Å². The zero-order valence-electron chi connectivity index (χ0n) is 11.4. The predicted octanol–water partition coefficient (Wildman–Crippen LogP) is 3.46. The number of ether oxygens (including phenoxy) is 1. The minimum Gasteiger partial charge on any atom is -0.380 e. The Morgan fingerprint density at radius 1 is 1.12 bits per heavy atom. The van der Waals surface area contributed by atoms with Crippen LogP contribution in [0, 0.1) is 0 Å². The fourth-order valence-corrected chi connectivity index (χ4v) is 3.41. The van der Waals surface area contributed by atoms with Crippen molar-refractivity contribution in [1.29, 1.82) is 0 Å². The summed E-state index contributed by atoms with van der Waals surface area (Å²) >= 11 is 2.17. The molecule has 0 unspecified atom stereocenters. The summed E-state index contributed by atoms with van der Waals surface area (Å²) in [6.45, 7) is 6.14. The first kappa shape index (κ1) is 15.3. The van der Waals surface area contributed by atoms with Gasteiger partial charge in [-0.25, -0.2) is 0 Å². The van der Waals surface area contributed by atoms with Gasteiger partial charge in [0.1, 0.15) is 0 Å². The highest BCUT2D eigenvalue weighted by Crippen LogP contribution is 2.27. The van der Waals surface area contributed by atoms with E-state index >= 15 is 0 Å². The molecule has 0 heterocycles. The molecule has 1 saturated carbocycles. The normalized spacial score (nSPS) is 17.5. The zero-order chi connectivity index (χ0) is 12.2. The lowest BCUT2D eigenvalue weighted by Crippen LogP contribution is -2.23. The highest BCUT2D eigenvalue weighted by Gasteiger charge is 2.12. The lowest BCUT2D eigenvalue weighted by atomic mass is 10.0. The van der Waals surface area contributed by atoms with Crippen molar-refractivity contribution < 1.29 is 4.74 Å². The number of nitrogens with one attached hydrogen (secondary N) is 1. The van der Waals surface area contributed by atoms with Crippen LogP contribution in [-0.2, 0) is 4.74 Å². The van der Waals surface area contributed by atoms with E-state index in [0.717, 1.165) is 31.6 Å². The van der Waals surface area contributed by atoms with E-state index in [-0.39, 0.29) is 0 Å². The highest BCUT2D eigenvalue weighted by molar-refractivity contribution is 7.99. The second kappa shape index (κ2) is 11.4. The van der Waals surface area contributed by atoms with E-state index in [1.165, 1.54) is 50.7 Å². The molecule has 3 heteroatoms. The maximum absolute atomic E-state index is 5.50. The Hall–Kier alpha value is 0.270. The number of hydrogen-bond donors (Lipinski definition) is 1. The molecule has 1 rings (SSSR count). The molecular weight excluding hydrogens is 230 g/mol. The van der Waals surface area contributed by atoms with Crippen molar-refractivity contribution in [2.45, 2.75) is 57.1 Å². The van der Waals surface area contributed by atoms with Crippen LogP contribution in [0.5, 0.6) is 0 Å². The van der Waals surface area contributed by atoms with Gasteiger partial charge in [-0.15, -0.1) is 0 Å². The van der Waals surface area contributed by atoms with E-state index in [9.17, 15) is 0 Å². The second-order valence-corrected chi connectivity index (χ2v) is 6.25. The van der Waals surface area contributed by atoms with Gasteiger partial charge in [0.25, 0.3) is 0 Å². The Kier molecular flexibility index (Phi) is 10.2. The molecule has 0 aromatic heterocycles. The summed E-state index contributed by atoms with van der Waals surface area (Å²) in [5.74, 6) is 1.26. The van der Waals surface area contributed by atoms with Crippen molar-refractivity contribution >= 4 is 11.8 Å². The van der Waals surface area contributed by atoms with Crippen molar-refractivity contribution in [1.82, 2.24) is 5.32 Å². The molecule has 0 aliphatic heterocycles. The van der Waals surface area contributed by atoms with Crippen LogP contribution >= 0.6 is 11.8 Å². The number of rotatable bonds is 10. The first-order chi connectivity index (χ1) is 8.43. The third-order valence-electron chi connectivity index (χ3n) is 3.25. The van der Waals surface area contributed by atoms with Crippen LogP contribution in [0.15, 0.2) is 0 Å². The average molecular weight is 259 g/mol. The van der Waals surface area contributed by atoms with Crippen LogP contribution in [-0.4, -0.2) is 37.3 Å². The van der Waals surface area contributed by atoms with Crippen molar-refractivity contribution in [3.63, 3.8) is 0 Å². The zero-order valence-corrected chi connectivity index (χ0v) is 12.2. The van der Waals surface area contributed by atoms with Crippen LogP contribution in [0.1, 0.15) is 51.9 Å². The van der Waals surface area contributed by atoms with Crippen LogP contribution in [0.25, 0.3) is 0 Å². The number of unbranched alkanes of at least 4 members (excludes halogenated alkanes) is 1. The van der Waals surface area contributed by atoms with Gasteiger partial charge >= 0.3 is 0 Å². The monoisotopic (exact) mass is 259 g/mol.